The van der Waals surface area contributed by atoms with Crippen LogP contribution in [0.25, 0.3) is 0 Å². The van der Waals surface area contributed by atoms with Crippen LogP contribution < -0.4 is 10.6 Å². The van der Waals surface area contributed by atoms with Crippen molar-refractivity contribution in [1.82, 2.24) is 10.6 Å². The third-order valence-corrected chi connectivity index (χ3v) is 2.90. The van der Waals surface area contributed by atoms with Crippen molar-refractivity contribution in [2.75, 3.05) is 19.7 Å². The summed E-state index contributed by atoms with van der Waals surface area (Å²) in [4.78, 5) is 11.7. The monoisotopic (exact) mass is 250 g/mol. The Morgan fingerprint density at radius 1 is 1.62 bits per heavy atom. The summed E-state index contributed by atoms with van der Waals surface area (Å²) < 4.78 is 5.25. The Hall–Kier alpha value is -0.320. The molecule has 0 radical (unpaired) electrons. The average Bonchev–Trinajstić information content (AvgIpc) is 2.21. The predicted molar refractivity (Wildman–Crippen MR) is 66.9 cm³/mol. The minimum Gasteiger partial charge on any atom is -0.369 e. The summed E-state index contributed by atoms with van der Waals surface area (Å²) in [6.07, 6.45) is 0.670. The first-order valence-electron chi connectivity index (χ1n) is 5.77. The molecule has 1 aliphatic heterocycles. The van der Waals surface area contributed by atoms with E-state index in [0.717, 1.165) is 19.5 Å². The molecule has 1 heterocycles. The summed E-state index contributed by atoms with van der Waals surface area (Å²) in [5, 5.41) is 6.36. The second-order valence-electron chi connectivity index (χ2n) is 4.18. The van der Waals surface area contributed by atoms with Crippen molar-refractivity contribution in [2.24, 2.45) is 5.92 Å². The first-order valence-corrected chi connectivity index (χ1v) is 5.77. The Morgan fingerprint density at radius 2 is 2.31 bits per heavy atom. The predicted octanol–water partition coefficient (Wildman–Crippen LogP) is 0.947. The molecule has 0 bridgehead atoms. The molecule has 0 spiro atoms. The number of ether oxygens (including phenoxy) is 1. The molecule has 5 heteroatoms. The van der Waals surface area contributed by atoms with Crippen molar-refractivity contribution in [1.29, 1.82) is 0 Å². The van der Waals surface area contributed by atoms with Crippen molar-refractivity contribution in [3.05, 3.63) is 0 Å². The van der Waals surface area contributed by atoms with Gasteiger partial charge in [-0.3, -0.25) is 4.79 Å². The molecule has 4 nitrogen and oxygen atoms in total. The van der Waals surface area contributed by atoms with E-state index in [0.29, 0.717) is 18.6 Å². The fraction of sp³-hybridized carbons (Fsp3) is 0.909. The van der Waals surface area contributed by atoms with Gasteiger partial charge in [-0.2, -0.15) is 0 Å². The van der Waals surface area contributed by atoms with Gasteiger partial charge < -0.3 is 15.4 Å². The van der Waals surface area contributed by atoms with E-state index in [4.69, 9.17) is 4.74 Å². The lowest BCUT2D eigenvalue weighted by Gasteiger charge is -2.31. The lowest BCUT2D eigenvalue weighted by atomic mass is 9.95. The normalized spacial score (nSPS) is 26.7. The van der Waals surface area contributed by atoms with Gasteiger partial charge in [0, 0.05) is 12.6 Å². The Labute approximate surface area is 104 Å². The van der Waals surface area contributed by atoms with Crippen LogP contribution in [0.3, 0.4) is 0 Å². The first-order chi connectivity index (χ1) is 7.15. The largest absolute Gasteiger partial charge is 0.369 e. The number of hydrogen-bond acceptors (Lipinski definition) is 3. The van der Waals surface area contributed by atoms with E-state index in [1.54, 1.807) is 6.92 Å². The first kappa shape index (κ1) is 15.7. The van der Waals surface area contributed by atoms with Crippen LogP contribution in [0.4, 0.5) is 0 Å². The number of amides is 1. The molecule has 0 aliphatic carbocycles. The number of nitrogens with one attached hydrogen (secondary N) is 2. The lowest BCUT2D eigenvalue weighted by molar-refractivity contribution is -0.132. The molecule has 96 valence electrons. The lowest BCUT2D eigenvalue weighted by Crippen LogP contribution is -2.50. The van der Waals surface area contributed by atoms with Crippen LogP contribution in [0, 0.1) is 5.92 Å². The van der Waals surface area contributed by atoms with E-state index in [1.807, 2.05) is 6.92 Å². The van der Waals surface area contributed by atoms with Crippen LogP contribution in [-0.2, 0) is 9.53 Å². The number of piperidine rings is 1. The summed E-state index contributed by atoms with van der Waals surface area (Å²) in [6.45, 7) is 8.40. The van der Waals surface area contributed by atoms with Crippen LogP contribution in [0.1, 0.15) is 27.2 Å². The molecule has 0 aromatic rings. The van der Waals surface area contributed by atoms with Gasteiger partial charge in [-0.1, -0.05) is 6.92 Å². The van der Waals surface area contributed by atoms with E-state index in [2.05, 4.69) is 17.6 Å². The van der Waals surface area contributed by atoms with Crippen molar-refractivity contribution in [2.45, 2.75) is 39.3 Å². The second kappa shape index (κ2) is 7.87. The van der Waals surface area contributed by atoms with Crippen LogP contribution >= 0.6 is 12.4 Å². The van der Waals surface area contributed by atoms with Gasteiger partial charge in [0.25, 0.3) is 0 Å². The zero-order valence-electron chi connectivity index (χ0n) is 10.3. The Kier molecular flexibility index (Phi) is 7.72. The molecule has 1 rings (SSSR count). The van der Waals surface area contributed by atoms with E-state index in [1.165, 1.54) is 0 Å². The zero-order valence-corrected chi connectivity index (χ0v) is 11.1. The van der Waals surface area contributed by atoms with Crippen LogP contribution in [0.15, 0.2) is 0 Å². The Morgan fingerprint density at radius 3 is 2.88 bits per heavy atom. The highest BCUT2D eigenvalue weighted by atomic mass is 35.5. The van der Waals surface area contributed by atoms with Gasteiger partial charge in [-0.25, -0.2) is 0 Å². The summed E-state index contributed by atoms with van der Waals surface area (Å²) in [7, 11) is 0. The number of hydrogen-bond donors (Lipinski definition) is 2. The molecule has 1 aliphatic rings. The second-order valence-corrected chi connectivity index (χ2v) is 4.18. The van der Waals surface area contributed by atoms with Crippen molar-refractivity contribution < 1.29 is 9.53 Å². The number of rotatable bonds is 4. The molecule has 1 saturated heterocycles. The fourth-order valence-corrected chi connectivity index (χ4v) is 1.85. The molecular formula is C11H23ClN2O2. The minimum absolute atomic E-state index is 0. The zero-order chi connectivity index (χ0) is 11.3. The molecule has 16 heavy (non-hydrogen) atoms. The van der Waals surface area contributed by atoms with E-state index < -0.39 is 0 Å². The minimum atomic E-state index is -0.336. The molecule has 0 aromatic carbocycles. The summed E-state index contributed by atoms with van der Waals surface area (Å²) in [6, 6.07) is 0.293. The van der Waals surface area contributed by atoms with Gasteiger partial charge in [0.05, 0.1) is 0 Å². The molecule has 1 fully saturated rings. The highest BCUT2D eigenvalue weighted by molar-refractivity contribution is 5.85. The van der Waals surface area contributed by atoms with Gasteiger partial charge in [-0.05, 0) is 39.3 Å². The number of carbonyl (C=O) groups excluding carboxylic acids is 1. The third-order valence-electron chi connectivity index (χ3n) is 2.90. The van der Waals surface area contributed by atoms with Gasteiger partial charge in [0.2, 0.25) is 5.91 Å². The highest BCUT2D eigenvalue weighted by Gasteiger charge is 2.24. The van der Waals surface area contributed by atoms with Gasteiger partial charge >= 0.3 is 0 Å². The fourth-order valence-electron chi connectivity index (χ4n) is 1.85. The maximum Gasteiger partial charge on any atom is 0.249 e. The van der Waals surface area contributed by atoms with Gasteiger partial charge in [0.15, 0.2) is 0 Å². The summed E-state index contributed by atoms with van der Waals surface area (Å²) in [5.41, 5.74) is 0. The quantitative estimate of drug-likeness (QED) is 0.781. The van der Waals surface area contributed by atoms with Crippen molar-refractivity contribution >= 4 is 18.3 Å². The van der Waals surface area contributed by atoms with Crippen LogP contribution in [-0.4, -0.2) is 37.7 Å². The van der Waals surface area contributed by atoms with Crippen molar-refractivity contribution in [3.63, 3.8) is 0 Å². The molecule has 0 aromatic heterocycles. The molecular weight excluding hydrogens is 228 g/mol. The van der Waals surface area contributed by atoms with Crippen molar-refractivity contribution in [3.8, 4) is 0 Å². The maximum absolute atomic E-state index is 11.7. The Balaban J connectivity index is 0.00000225. The molecule has 2 N–H and O–H groups in total. The van der Waals surface area contributed by atoms with Crippen LogP contribution in [0.2, 0.25) is 0 Å². The number of halogens is 1. The summed E-state index contributed by atoms with van der Waals surface area (Å²) >= 11 is 0. The van der Waals surface area contributed by atoms with E-state index >= 15 is 0 Å². The molecule has 3 unspecified atom stereocenters. The topological polar surface area (TPSA) is 50.4 Å². The smallest absolute Gasteiger partial charge is 0.249 e. The highest BCUT2D eigenvalue weighted by Crippen LogP contribution is 2.10. The molecule has 0 saturated carbocycles. The van der Waals surface area contributed by atoms with Gasteiger partial charge in [0.1, 0.15) is 6.10 Å². The molecule has 1 amide bonds. The standard InChI is InChI=1S/C11H22N2O2.ClH/c1-4-15-9(3)11(14)13-10-5-6-12-7-8(10)2;/h8-10,12H,4-7H2,1-3H3,(H,13,14);1H. The van der Waals surface area contributed by atoms with Gasteiger partial charge in [-0.15, -0.1) is 12.4 Å². The van der Waals surface area contributed by atoms with E-state index in [-0.39, 0.29) is 24.4 Å². The van der Waals surface area contributed by atoms with Crippen LogP contribution in [0.5, 0.6) is 0 Å². The summed E-state index contributed by atoms with van der Waals surface area (Å²) in [5.74, 6) is 0.507. The molecule has 3 atom stereocenters. The maximum atomic E-state index is 11.7. The Bertz CT molecular complexity index is 214. The SMILES string of the molecule is CCOC(C)C(=O)NC1CCNCC1C.Cl. The third kappa shape index (κ3) is 4.68. The average molecular weight is 251 g/mol. The number of carbonyl (C=O) groups is 1. The van der Waals surface area contributed by atoms with E-state index in [9.17, 15) is 4.79 Å².